The van der Waals surface area contributed by atoms with Crippen molar-refractivity contribution >= 4 is 22.9 Å². The summed E-state index contributed by atoms with van der Waals surface area (Å²) in [7, 11) is 1.62. The number of hydrogen-bond donors (Lipinski definition) is 4. The van der Waals surface area contributed by atoms with Crippen LogP contribution in [0.1, 0.15) is 20.3 Å². The third-order valence-corrected chi connectivity index (χ3v) is 3.10. The Morgan fingerprint density at radius 2 is 2.19 bits per heavy atom. The third kappa shape index (κ3) is 4.02. The molecule has 0 radical (unpaired) electrons. The van der Waals surface area contributed by atoms with Crippen LogP contribution in [0, 0.1) is 0 Å². The lowest BCUT2D eigenvalue weighted by atomic mass is 10.0. The minimum absolute atomic E-state index is 0.354. The summed E-state index contributed by atoms with van der Waals surface area (Å²) in [5.41, 5.74) is 0.422. The minimum Gasteiger partial charge on any atom is -0.388 e. The molecule has 0 aliphatic rings. The standard InChI is InChI=1S/C13H22N6O2/c1-4-14-12-18-10(9-11(19-12)17-8-16-9)15-7-13(2,20)5-6-21-3/h8,20H,4-7H2,1-3H3,(H3,14,15,16,17,18,19). The van der Waals surface area contributed by atoms with Crippen molar-refractivity contribution in [1.82, 2.24) is 19.9 Å². The molecule has 21 heavy (non-hydrogen) atoms. The predicted octanol–water partition coefficient (Wildman–Crippen LogP) is 0.984. The van der Waals surface area contributed by atoms with E-state index in [1.54, 1.807) is 20.4 Å². The fourth-order valence-corrected chi connectivity index (χ4v) is 1.88. The number of H-pyrrole nitrogens is 1. The molecular weight excluding hydrogens is 272 g/mol. The first-order valence-corrected chi connectivity index (χ1v) is 6.96. The van der Waals surface area contributed by atoms with Crippen molar-refractivity contribution in [3.8, 4) is 0 Å². The lowest BCUT2D eigenvalue weighted by Crippen LogP contribution is -2.35. The second-order valence-corrected chi connectivity index (χ2v) is 5.12. The van der Waals surface area contributed by atoms with E-state index in [0.717, 1.165) is 12.1 Å². The molecule has 2 heterocycles. The fraction of sp³-hybridized carbons (Fsp3) is 0.615. The molecule has 0 aromatic carbocycles. The molecule has 0 aliphatic carbocycles. The van der Waals surface area contributed by atoms with Gasteiger partial charge < -0.3 is 25.5 Å². The molecule has 0 saturated heterocycles. The fourth-order valence-electron chi connectivity index (χ4n) is 1.88. The van der Waals surface area contributed by atoms with E-state index in [-0.39, 0.29) is 0 Å². The molecule has 4 N–H and O–H groups in total. The van der Waals surface area contributed by atoms with E-state index < -0.39 is 5.60 Å². The molecule has 8 heteroatoms. The van der Waals surface area contributed by atoms with Gasteiger partial charge in [0.1, 0.15) is 5.52 Å². The summed E-state index contributed by atoms with van der Waals surface area (Å²) < 4.78 is 5.00. The highest BCUT2D eigenvalue weighted by atomic mass is 16.5. The Morgan fingerprint density at radius 3 is 2.90 bits per heavy atom. The molecule has 0 saturated carbocycles. The maximum atomic E-state index is 10.3. The summed E-state index contributed by atoms with van der Waals surface area (Å²) in [6.45, 7) is 5.31. The van der Waals surface area contributed by atoms with Crippen LogP contribution in [0.15, 0.2) is 6.33 Å². The molecule has 0 spiro atoms. The lowest BCUT2D eigenvalue weighted by Gasteiger charge is -2.23. The smallest absolute Gasteiger partial charge is 0.226 e. The van der Waals surface area contributed by atoms with Gasteiger partial charge in [0, 0.05) is 33.2 Å². The van der Waals surface area contributed by atoms with Crippen LogP contribution in [-0.2, 0) is 4.74 Å². The van der Waals surface area contributed by atoms with Crippen LogP contribution in [0.4, 0.5) is 11.8 Å². The molecule has 2 aromatic heterocycles. The first-order chi connectivity index (χ1) is 10.1. The van der Waals surface area contributed by atoms with Gasteiger partial charge in [0.15, 0.2) is 11.5 Å². The van der Waals surface area contributed by atoms with Crippen molar-refractivity contribution in [1.29, 1.82) is 0 Å². The van der Waals surface area contributed by atoms with E-state index in [9.17, 15) is 5.11 Å². The quantitative estimate of drug-likeness (QED) is 0.575. The van der Waals surface area contributed by atoms with E-state index in [2.05, 4.69) is 30.6 Å². The molecule has 0 bridgehead atoms. The minimum atomic E-state index is -0.883. The Morgan fingerprint density at radius 1 is 1.38 bits per heavy atom. The predicted molar refractivity (Wildman–Crippen MR) is 81.5 cm³/mol. The number of aliphatic hydroxyl groups is 1. The van der Waals surface area contributed by atoms with Crippen LogP contribution in [0.3, 0.4) is 0 Å². The first-order valence-electron chi connectivity index (χ1n) is 6.96. The van der Waals surface area contributed by atoms with Crippen molar-refractivity contribution in [2.45, 2.75) is 25.9 Å². The maximum Gasteiger partial charge on any atom is 0.226 e. The van der Waals surface area contributed by atoms with E-state index >= 15 is 0 Å². The summed E-state index contributed by atoms with van der Waals surface area (Å²) in [6, 6.07) is 0. The highest BCUT2D eigenvalue weighted by molar-refractivity contribution is 5.83. The normalized spacial score (nSPS) is 14.1. The average Bonchev–Trinajstić information content (AvgIpc) is 2.91. The topological polar surface area (TPSA) is 108 Å². The second kappa shape index (κ2) is 6.68. The summed E-state index contributed by atoms with van der Waals surface area (Å²) in [5, 5.41) is 16.5. The highest BCUT2D eigenvalue weighted by Crippen LogP contribution is 2.20. The van der Waals surface area contributed by atoms with Gasteiger partial charge in [-0.05, 0) is 13.8 Å². The van der Waals surface area contributed by atoms with Crippen LogP contribution >= 0.6 is 0 Å². The molecule has 1 atom stereocenters. The Bertz CT molecular complexity index is 583. The number of rotatable bonds is 8. The first kappa shape index (κ1) is 15.5. The van der Waals surface area contributed by atoms with Crippen LogP contribution in [-0.4, -0.2) is 57.4 Å². The van der Waals surface area contributed by atoms with Crippen LogP contribution in [0.2, 0.25) is 0 Å². The van der Waals surface area contributed by atoms with E-state index in [0.29, 0.717) is 37.0 Å². The number of methoxy groups -OCH3 is 1. The monoisotopic (exact) mass is 294 g/mol. The summed E-state index contributed by atoms with van der Waals surface area (Å²) >= 11 is 0. The molecule has 2 aromatic rings. The maximum absolute atomic E-state index is 10.3. The highest BCUT2D eigenvalue weighted by Gasteiger charge is 2.21. The SMILES string of the molecule is CCNc1nc(NCC(C)(O)CCOC)c2[nH]cnc2n1. The van der Waals surface area contributed by atoms with Gasteiger partial charge in [0.05, 0.1) is 11.9 Å². The Hall–Kier alpha value is -1.93. The zero-order valence-electron chi connectivity index (χ0n) is 12.6. The van der Waals surface area contributed by atoms with Gasteiger partial charge in [-0.3, -0.25) is 0 Å². The van der Waals surface area contributed by atoms with Crippen molar-refractivity contribution in [2.75, 3.05) is 37.4 Å². The summed E-state index contributed by atoms with van der Waals surface area (Å²) in [4.78, 5) is 15.8. The lowest BCUT2D eigenvalue weighted by molar-refractivity contribution is 0.0357. The molecule has 8 nitrogen and oxygen atoms in total. The van der Waals surface area contributed by atoms with Gasteiger partial charge in [0.25, 0.3) is 0 Å². The van der Waals surface area contributed by atoms with Crippen molar-refractivity contribution in [3.05, 3.63) is 6.33 Å². The molecule has 0 fully saturated rings. The summed E-state index contributed by atoms with van der Waals surface area (Å²) in [5.74, 6) is 1.13. The number of nitrogens with zero attached hydrogens (tertiary/aromatic N) is 3. The Labute approximate surface area is 123 Å². The van der Waals surface area contributed by atoms with Crippen LogP contribution in [0.5, 0.6) is 0 Å². The Balaban J connectivity index is 2.15. The number of aromatic nitrogens is 4. The Kier molecular flexibility index (Phi) is 4.92. The van der Waals surface area contributed by atoms with Crippen LogP contribution < -0.4 is 10.6 Å². The average molecular weight is 294 g/mol. The number of fused-ring (bicyclic) bond motifs is 1. The molecule has 0 aliphatic heterocycles. The largest absolute Gasteiger partial charge is 0.388 e. The number of nitrogens with one attached hydrogen (secondary N) is 3. The third-order valence-electron chi connectivity index (χ3n) is 3.10. The van der Waals surface area contributed by atoms with Crippen molar-refractivity contribution < 1.29 is 9.84 Å². The number of anilines is 2. The van der Waals surface area contributed by atoms with Crippen molar-refractivity contribution in [2.24, 2.45) is 0 Å². The number of aromatic amines is 1. The number of imidazole rings is 1. The van der Waals surface area contributed by atoms with E-state index in [1.165, 1.54) is 0 Å². The molecule has 0 amide bonds. The van der Waals surface area contributed by atoms with Gasteiger partial charge in [-0.2, -0.15) is 9.97 Å². The van der Waals surface area contributed by atoms with E-state index in [1.807, 2.05) is 6.92 Å². The molecule has 116 valence electrons. The van der Waals surface area contributed by atoms with Crippen molar-refractivity contribution in [3.63, 3.8) is 0 Å². The molecule has 1 unspecified atom stereocenters. The zero-order chi connectivity index (χ0) is 15.3. The molecular formula is C13H22N6O2. The van der Waals surface area contributed by atoms with Gasteiger partial charge in [-0.1, -0.05) is 0 Å². The zero-order valence-corrected chi connectivity index (χ0v) is 12.6. The van der Waals surface area contributed by atoms with Gasteiger partial charge >= 0.3 is 0 Å². The number of hydrogen-bond acceptors (Lipinski definition) is 7. The van der Waals surface area contributed by atoms with Gasteiger partial charge in [-0.15, -0.1) is 0 Å². The van der Waals surface area contributed by atoms with Gasteiger partial charge in [-0.25, -0.2) is 4.98 Å². The van der Waals surface area contributed by atoms with E-state index in [4.69, 9.17) is 4.74 Å². The van der Waals surface area contributed by atoms with Gasteiger partial charge in [0.2, 0.25) is 5.95 Å². The number of ether oxygens (including phenoxy) is 1. The molecule has 2 rings (SSSR count). The second-order valence-electron chi connectivity index (χ2n) is 5.12. The van der Waals surface area contributed by atoms with Crippen LogP contribution in [0.25, 0.3) is 11.2 Å². The summed E-state index contributed by atoms with van der Waals surface area (Å²) in [6.07, 6.45) is 2.11.